The van der Waals surface area contributed by atoms with E-state index in [0.29, 0.717) is 0 Å². The fourth-order valence-electron chi connectivity index (χ4n) is 2.12. The molecule has 0 unspecified atom stereocenters. The minimum absolute atomic E-state index is 0.0970. The first kappa shape index (κ1) is 10.3. The maximum atomic E-state index is 9.34. The molecule has 1 fully saturated rings. The van der Waals surface area contributed by atoms with Gasteiger partial charge in [0.25, 0.3) is 0 Å². The third-order valence-corrected chi connectivity index (χ3v) is 3.12. The summed E-state index contributed by atoms with van der Waals surface area (Å²) in [5.41, 5.74) is 8.61. The van der Waals surface area contributed by atoms with Crippen molar-refractivity contribution < 1.29 is 5.11 Å². The molecule has 0 radical (unpaired) electrons. The number of anilines is 2. The van der Waals surface area contributed by atoms with Crippen molar-refractivity contribution in [3.63, 3.8) is 0 Å². The Kier molecular flexibility index (Phi) is 2.57. The van der Waals surface area contributed by atoms with E-state index in [9.17, 15) is 5.11 Å². The van der Waals surface area contributed by atoms with Crippen LogP contribution in [0.1, 0.15) is 24.8 Å². The number of hydrogen-bond acceptors (Lipinski definition) is 3. The Bertz CT molecular complexity index is 333. The maximum Gasteiger partial charge on any atom is 0.0661 e. The topological polar surface area (TPSA) is 58.3 Å². The van der Waals surface area contributed by atoms with Crippen LogP contribution in [0.15, 0.2) is 18.2 Å². The van der Waals surface area contributed by atoms with Crippen LogP contribution in [0.2, 0.25) is 0 Å². The molecule has 0 saturated heterocycles. The number of benzene rings is 1. The Morgan fingerprint density at radius 3 is 2.60 bits per heavy atom. The van der Waals surface area contributed by atoms with Gasteiger partial charge in [-0.15, -0.1) is 0 Å². The van der Waals surface area contributed by atoms with E-state index in [1.165, 1.54) is 6.42 Å². The van der Waals surface area contributed by atoms with Crippen LogP contribution in [0.4, 0.5) is 11.4 Å². The number of rotatable bonds is 3. The molecule has 1 saturated carbocycles. The molecule has 1 aliphatic carbocycles. The van der Waals surface area contributed by atoms with Gasteiger partial charge >= 0.3 is 0 Å². The molecule has 82 valence electrons. The Labute approximate surface area is 90.3 Å². The second-order valence-electron chi connectivity index (χ2n) is 4.55. The summed E-state index contributed by atoms with van der Waals surface area (Å²) in [5.74, 6) is 0. The molecular weight excluding hydrogens is 188 g/mol. The lowest BCUT2D eigenvalue weighted by molar-refractivity contribution is 0.144. The molecular formula is C12H18N2O. The van der Waals surface area contributed by atoms with Crippen molar-refractivity contribution in [2.75, 3.05) is 17.7 Å². The van der Waals surface area contributed by atoms with Gasteiger partial charge in [0, 0.05) is 11.4 Å². The van der Waals surface area contributed by atoms with Gasteiger partial charge in [0.1, 0.15) is 0 Å². The van der Waals surface area contributed by atoms with E-state index in [2.05, 4.69) is 11.4 Å². The number of aliphatic hydroxyl groups excluding tert-OH is 1. The van der Waals surface area contributed by atoms with Crippen LogP contribution >= 0.6 is 0 Å². The summed E-state index contributed by atoms with van der Waals surface area (Å²) in [5, 5.41) is 12.7. The molecule has 1 aliphatic rings. The Hall–Kier alpha value is -1.22. The predicted octanol–water partition coefficient (Wildman–Crippen LogP) is 1.90. The first-order chi connectivity index (χ1) is 7.13. The highest BCUT2D eigenvalue weighted by Crippen LogP contribution is 2.35. The van der Waals surface area contributed by atoms with E-state index >= 15 is 0 Å². The van der Waals surface area contributed by atoms with E-state index < -0.39 is 0 Å². The van der Waals surface area contributed by atoms with Gasteiger partial charge in [-0.05, 0) is 49.9 Å². The van der Waals surface area contributed by atoms with Crippen LogP contribution < -0.4 is 11.1 Å². The zero-order chi connectivity index (χ0) is 10.9. The van der Waals surface area contributed by atoms with Gasteiger partial charge in [-0.25, -0.2) is 0 Å². The van der Waals surface area contributed by atoms with E-state index in [1.807, 2.05) is 19.1 Å². The monoisotopic (exact) mass is 206 g/mol. The van der Waals surface area contributed by atoms with Crippen LogP contribution in [0.5, 0.6) is 0 Å². The summed E-state index contributed by atoms with van der Waals surface area (Å²) in [6.07, 6.45) is 3.27. The van der Waals surface area contributed by atoms with Crippen LogP contribution in [-0.4, -0.2) is 17.3 Å². The number of nitrogens with one attached hydrogen (secondary N) is 1. The molecule has 0 amide bonds. The van der Waals surface area contributed by atoms with Crippen LogP contribution in [0.25, 0.3) is 0 Å². The molecule has 1 aromatic rings. The molecule has 2 rings (SSSR count). The highest BCUT2D eigenvalue weighted by molar-refractivity contribution is 5.58. The van der Waals surface area contributed by atoms with Gasteiger partial charge in [-0.3, -0.25) is 0 Å². The maximum absolute atomic E-state index is 9.34. The van der Waals surface area contributed by atoms with Gasteiger partial charge < -0.3 is 16.2 Å². The molecule has 4 N–H and O–H groups in total. The van der Waals surface area contributed by atoms with Gasteiger partial charge in [0.2, 0.25) is 0 Å². The van der Waals surface area contributed by atoms with Crippen molar-refractivity contribution in [2.24, 2.45) is 0 Å². The summed E-state index contributed by atoms with van der Waals surface area (Å²) >= 11 is 0. The molecule has 0 atom stereocenters. The number of aliphatic hydroxyl groups is 1. The molecule has 1 aromatic carbocycles. The van der Waals surface area contributed by atoms with Crippen molar-refractivity contribution in [3.05, 3.63) is 23.8 Å². The van der Waals surface area contributed by atoms with Crippen molar-refractivity contribution in [1.29, 1.82) is 0 Å². The lowest BCUT2D eigenvalue weighted by atomic mass is 9.77. The summed E-state index contributed by atoms with van der Waals surface area (Å²) in [6, 6.07) is 5.92. The minimum Gasteiger partial charge on any atom is -0.399 e. The average Bonchev–Trinajstić information content (AvgIpc) is 2.10. The zero-order valence-corrected chi connectivity index (χ0v) is 9.09. The molecule has 15 heavy (non-hydrogen) atoms. The van der Waals surface area contributed by atoms with Crippen molar-refractivity contribution >= 4 is 11.4 Å². The van der Waals surface area contributed by atoms with Gasteiger partial charge in [-0.1, -0.05) is 0 Å². The first-order valence-electron chi connectivity index (χ1n) is 5.40. The standard InChI is InChI=1S/C12H18N2O/c1-9-5-10(13)7-11(6-9)14-12(8-15)3-2-4-12/h5-7,14-15H,2-4,8,13H2,1H3. The Balaban J connectivity index is 2.16. The van der Waals surface area contributed by atoms with Gasteiger partial charge in [0.05, 0.1) is 12.1 Å². The second-order valence-corrected chi connectivity index (χ2v) is 4.55. The zero-order valence-electron chi connectivity index (χ0n) is 9.09. The molecule has 0 aromatic heterocycles. The van der Waals surface area contributed by atoms with Crippen molar-refractivity contribution in [3.8, 4) is 0 Å². The van der Waals surface area contributed by atoms with Gasteiger partial charge in [-0.2, -0.15) is 0 Å². The summed E-state index contributed by atoms with van der Waals surface area (Å²) in [4.78, 5) is 0. The SMILES string of the molecule is Cc1cc(N)cc(NC2(CO)CCC2)c1. The summed E-state index contributed by atoms with van der Waals surface area (Å²) in [7, 11) is 0. The van der Waals surface area contributed by atoms with E-state index in [4.69, 9.17) is 5.73 Å². The normalized spacial score (nSPS) is 18.3. The number of aryl methyl sites for hydroxylation is 1. The molecule has 0 heterocycles. The molecule has 3 heteroatoms. The van der Waals surface area contributed by atoms with E-state index in [0.717, 1.165) is 29.8 Å². The van der Waals surface area contributed by atoms with Gasteiger partial charge in [0.15, 0.2) is 0 Å². The third-order valence-electron chi connectivity index (χ3n) is 3.12. The van der Waals surface area contributed by atoms with Crippen LogP contribution in [-0.2, 0) is 0 Å². The van der Waals surface area contributed by atoms with Crippen molar-refractivity contribution in [1.82, 2.24) is 0 Å². The molecule has 0 bridgehead atoms. The average molecular weight is 206 g/mol. The third kappa shape index (κ3) is 2.07. The largest absolute Gasteiger partial charge is 0.399 e. The smallest absolute Gasteiger partial charge is 0.0661 e. The summed E-state index contributed by atoms with van der Waals surface area (Å²) < 4.78 is 0. The highest BCUT2D eigenvalue weighted by Gasteiger charge is 2.36. The highest BCUT2D eigenvalue weighted by atomic mass is 16.3. The molecule has 0 aliphatic heterocycles. The summed E-state index contributed by atoms with van der Waals surface area (Å²) in [6.45, 7) is 2.22. The van der Waals surface area contributed by atoms with E-state index in [1.54, 1.807) is 0 Å². The Morgan fingerprint density at radius 1 is 1.40 bits per heavy atom. The van der Waals surface area contributed by atoms with E-state index in [-0.39, 0.29) is 12.1 Å². The second kappa shape index (κ2) is 3.74. The molecule has 0 spiro atoms. The quantitative estimate of drug-likeness (QED) is 0.662. The Morgan fingerprint density at radius 2 is 2.13 bits per heavy atom. The minimum atomic E-state index is -0.0970. The number of hydrogen-bond donors (Lipinski definition) is 3. The van der Waals surface area contributed by atoms with Crippen molar-refractivity contribution in [2.45, 2.75) is 31.7 Å². The molecule has 3 nitrogen and oxygen atoms in total. The van der Waals surface area contributed by atoms with Crippen LogP contribution in [0.3, 0.4) is 0 Å². The first-order valence-corrected chi connectivity index (χ1v) is 5.40. The van der Waals surface area contributed by atoms with Crippen LogP contribution in [0, 0.1) is 6.92 Å². The lowest BCUT2D eigenvalue weighted by Crippen LogP contribution is -2.48. The lowest BCUT2D eigenvalue weighted by Gasteiger charge is -2.42. The number of nitrogen functional groups attached to an aromatic ring is 1. The number of nitrogens with two attached hydrogens (primary N) is 1. The predicted molar refractivity (Wildman–Crippen MR) is 62.9 cm³/mol. The fourth-order valence-corrected chi connectivity index (χ4v) is 2.12. The fraction of sp³-hybridized carbons (Fsp3) is 0.500.